The zero-order valence-corrected chi connectivity index (χ0v) is 18.5. The number of hydrogen-bond acceptors (Lipinski definition) is 4. The van der Waals surface area contributed by atoms with Crippen LogP contribution in [-0.4, -0.2) is 25.2 Å². The molecule has 0 bridgehead atoms. The summed E-state index contributed by atoms with van der Waals surface area (Å²) < 4.78 is 10.3. The highest BCUT2D eigenvalue weighted by Crippen LogP contribution is 2.11. The maximum atomic E-state index is 11.5. The van der Waals surface area contributed by atoms with Crippen molar-refractivity contribution in [3.63, 3.8) is 0 Å². The Morgan fingerprint density at radius 2 is 1.00 bits per heavy atom. The molecule has 0 aromatic heterocycles. The molecule has 0 N–H and O–H groups in total. The van der Waals surface area contributed by atoms with Crippen molar-refractivity contribution in [2.45, 2.75) is 117 Å². The first kappa shape index (κ1) is 26.7. The maximum absolute atomic E-state index is 11.5. The summed E-state index contributed by atoms with van der Waals surface area (Å²) >= 11 is 0. The van der Waals surface area contributed by atoms with Crippen molar-refractivity contribution in [1.82, 2.24) is 0 Å². The van der Waals surface area contributed by atoms with Gasteiger partial charge in [0.1, 0.15) is 0 Å². The average Bonchev–Trinajstić information content (AvgIpc) is 2.68. The molecule has 0 aliphatic heterocycles. The molecule has 0 saturated carbocycles. The number of rotatable bonds is 20. The molecule has 0 spiro atoms. The minimum absolute atomic E-state index is 0.0337. The lowest BCUT2D eigenvalue weighted by Crippen LogP contribution is -2.05. The molecule has 0 rings (SSSR count). The maximum Gasteiger partial charge on any atom is 0.305 e. The van der Waals surface area contributed by atoms with Gasteiger partial charge < -0.3 is 9.47 Å². The van der Waals surface area contributed by atoms with Gasteiger partial charge in [-0.2, -0.15) is 0 Å². The van der Waals surface area contributed by atoms with E-state index < -0.39 is 0 Å². The number of carbonyl (C=O) groups excluding carboxylic acids is 2. The molecule has 0 fully saturated rings. The molecule has 0 heterocycles. The predicted molar refractivity (Wildman–Crippen MR) is 116 cm³/mol. The number of esters is 2. The summed E-state index contributed by atoms with van der Waals surface area (Å²) in [6, 6.07) is 0. The molecule has 0 aromatic rings. The van der Waals surface area contributed by atoms with Gasteiger partial charge in [-0.05, 0) is 44.9 Å². The molecule has 0 unspecified atom stereocenters. The Kier molecular flexibility index (Phi) is 20.9. The van der Waals surface area contributed by atoms with E-state index in [0.29, 0.717) is 26.1 Å². The second-order valence-electron chi connectivity index (χ2n) is 7.53. The molecule has 0 amide bonds. The van der Waals surface area contributed by atoms with E-state index in [0.717, 1.165) is 57.8 Å². The molecule has 4 nitrogen and oxygen atoms in total. The Morgan fingerprint density at radius 1 is 0.571 bits per heavy atom. The van der Waals surface area contributed by atoms with Crippen molar-refractivity contribution >= 4 is 11.9 Å². The first-order valence-electron chi connectivity index (χ1n) is 11.7. The largest absolute Gasteiger partial charge is 0.466 e. The van der Waals surface area contributed by atoms with Gasteiger partial charge in [-0.15, -0.1) is 0 Å². The fourth-order valence-electron chi connectivity index (χ4n) is 2.82. The van der Waals surface area contributed by atoms with Crippen molar-refractivity contribution < 1.29 is 19.1 Å². The highest BCUT2D eigenvalue weighted by molar-refractivity contribution is 5.69. The Hall–Kier alpha value is -1.32. The van der Waals surface area contributed by atoms with Gasteiger partial charge in [0.05, 0.1) is 13.2 Å². The molecule has 0 radical (unpaired) electrons. The third kappa shape index (κ3) is 21.0. The quantitative estimate of drug-likeness (QED) is 0.127. The van der Waals surface area contributed by atoms with Gasteiger partial charge in [-0.3, -0.25) is 9.59 Å². The smallest absolute Gasteiger partial charge is 0.305 e. The van der Waals surface area contributed by atoms with E-state index in [1.807, 2.05) is 0 Å². The monoisotopic (exact) mass is 396 g/mol. The standard InChI is InChI=1S/C24H44O4/c1-3-5-21-27-23(25)19-17-15-13-11-9-7-8-10-12-14-16-18-20-24(26)28-22-6-4-2/h11,13H,3-10,12,14-22H2,1-2H3/b13-11+. The molecular formula is C24H44O4. The Morgan fingerprint density at radius 3 is 1.54 bits per heavy atom. The third-order valence-corrected chi connectivity index (χ3v) is 4.69. The van der Waals surface area contributed by atoms with E-state index in [-0.39, 0.29) is 11.9 Å². The van der Waals surface area contributed by atoms with Gasteiger partial charge in [0.25, 0.3) is 0 Å². The fourth-order valence-corrected chi connectivity index (χ4v) is 2.82. The summed E-state index contributed by atoms with van der Waals surface area (Å²) in [6.45, 7) is 5.33. The van der Waals surface area contributed by atoms with E-state index in [2.05, 4.69) is 26.0 Å². The van der Waals surface area contributed by atoms with Crippen molar-refractivity contribution in [2.24, 2.45) is 0 Å². The van der Waals surface area contributed by atoms with Crippen LogP contribution in [0.4, 0.5) is 0 Å². The van der Waals surface area contributed by atoms with Crippen LogP contribution in [0.1, 0.15) is 117 Å². The highest BCUT2D eigenvalue weighted by Gasteiger charge is 2.02. The van der Waals surface area contributed by atoms with Crippen LogP contribution in [-0.2, 0) is 19.1 Å². The summed E-state index contributed by atoms with van der Waals surface area (Å²) in [5.41, 5.74) is 0. The van der Waals surface area contributed by atoms with Gasteiger partial charge in [0, 0.05) is 12.8 Å². The summed E-state index contributed by atoms with van der Waals surface area (Å²) in [6.07, 6.45) is 20.9. The van der Waals surface area contributed by atoms with Crippen LogP contribution in [0.15, 0.2) is 12.2 Å². The Balaban J connectivity index is 3.25. The van der Waals surface area contributed by atoms with Crippen LogP contribution in [0, 0.1) is 0 Å². The topological polar surface area (TPSA) is 52.6 Å². The SMILES string of the molecule is CCCCOC(=O)CCC/C=C/CCCCCCCCCC(=O)OCCCC. The van der Waals surface area contributed by atoms with Crippen LogP contribution in [0.3, 0.4) is 0 Å². The Bertz CT molecular complexity index is 390. The van der Waals surface area contributed by atoms with Crippen LogP contribution in [0.25, 0.3) is 0 Å². The molecule has 164 valence electrons. The minimum atomic E-state index is -0.0600. The lowest BCUT2D eigenvalue weighted by Gasteiger charge is -2.04. The van der Waals surface area contributed by atoms with Gasteiger partial charge in [0.15, 0.2) is 0 Å². The zero-order chi connectivity index (χ0) is 20.7. The highest BCUT2D eigenvalue weighted by atomic mass is 16.5. The van der Waals surface area contributed by atoms with Crippen molar-refractivity contribution in [3.05, 3.63) is 12.2 Å². The minimum Gasteiger partial charge on any atom is -0.466 e. The zero-order valence-electron chi connectivity index (χ0n) is 18.5. The molecule has 0 atom stereocenters. The van der Waals surface area contributed by atoms with Gasteiger partial charge in [-0.1, -0.05) is 70.9 Å². The van der Waals surface area contributed by atoms with Crippen molar-refractivity contribution in [2.75, 3.05) is 13.2 Å². The number of unbranched alkanes of at least 4 members (excludes halogenated alkanes) is 10. The van der Waals surface area contributed by atoms with E-state index in [4.69, 9.17) is 9.47 Å². The van der Waals surface area contributed by atoms with Gasteiger partial charge >= 0.3 is 11.9 Å². The average molecular weight is 397 g/mol. The lowest BCUT2D eigenvalue weighted by atomic mass is 10.1. The molecular weight excluding hydrogens is 352 g/mol. The van der Waals surface area contributed by atoms with Crippen molar-refractivity contribution in [1.29, 1.82) is 0 Å². The van der Waals surface area contributed by atoms with Gasteiger partial charge in [-0.25, -0.2) is 0 Å². The first-order chi connectivity index (χ1) is 13.7. The molecule has 0 aromatic carbocycles. The number of allylic oxidation sites excluding steroid dienone is 2. The number of ether oxygens (including phenoxy) is 2. The van der Waals surface area contributed by atoms with E-state index in [1.165, 1.54) is 32.1 Å². The second-order valence-corrected chi connectivity index (χ2v) is 7.53. The van der Waals surface area contributed by atoms with E-state index in [9.17, 15) is 9.59 Å². The van der Waals surface area contributed by atoms with Crippen LogP contribution in [0.5, 0.6) is 0 Å². The normalized spacial score (nSPS) is 11.1. The predicted octanol–water partition coefficient (Wildman–Crippen LogP) is 6.91. The molecule has 0 aliphatic carbocycles. The number of carbonyl (C=O) groups is 2. The summed E-state index contributed by atoms with van der Waals surface area (Å²) in [7, 11) is 0. The molecule has 4 heteroatoms. The summed E-state index contributed by atoms with van der Waals surface area (Å²) in [5, 5.41) is 0. The van der Waals surface area contributed by atoms with Gasteiger partial charge in [0.2, 0.25) is 0 Å². The lowest BCUT2D eigenvalue weighted by molar-refractivity contribution is -0.144. The molecule has 0 aliphatic rings. The first-order valence-corrected chi connectivity index (χ1v) is 11.7. The summed E-state index contributed by atoms with van der Waals surface area (Å²) in [5.74, 6) is -0.0937. The fraction of sp³-hybridized carbons (Fsp3) is 0.833. The van der Waals surface area contributed by atoms with Crippen LogP contribution < -0.4 is 0 Å². The van der Waals surface area contributed by atoms with Crippen LogP contribution >= 0.6 is 0 Å². The second kappa shape index (κ2) is 22.0. The Labute approximate surface area is 173 Å². The summed E-state index contributed by atoms with van der Waals surface area (Å²) in [4.78, 5) is 22.9. The van der Waals surface area contributed by atoms with E-state index in [1.54, 1.807) is 0 Å². The van der Waals surface area contributed by atoms with Crippen molar-refractivity contribution in [3.8, 4) is 0 Å². The van der Waals surface area contributed by atoms with E-state index >= 15 is 0 Å². The molecule has 28 heavy (non-hydrogen) atoms. The molecule has 0 saturated heterocycles. The number of hydrogen-bond donors (Lipinski definition) is 0. The third-order valence-electron chi connectivity index (χ3n) is 4.69. The van der Waals surface area contributed by atoms with Crippen LogP contribution in [0.2, 0.25) is 0 Å².